The molecule has 1 atom stereocenters. The summed E-state index contributed by atoms with van der Waals surface area (Å²) in [5, 5.41) is 12.0. The molecular weight excluding hydrogens is 326 g/mol. The number of halogens is 4. The highest BCUT2D eigenvalue weighted by molar-refractivity contribution is 6.42. The fourth-order valence-corrected chi connectivity index (χ4v) is 2.89. The number of benzene rings is 2. The van der Waals surface area contributed by atoms with Crippen molar-refractivity contribution in [2.45, 2.75) is 12.5 Å². The van der Waals surface area contributed by atoms with Crippen molar-refractivity contribution < 1.29 is 5.11 Å². The third kappa shape index (κ3) is 3.36. The smallest absolute Gasteiger partial charge is 0.0859 e. The van der Waals surface area contributed by atoms with Crippen molar-refractivity contribution in [1.29, 1.82) is 0 Å². The van der Waals surface area contributed by atoms with E-state index in [-0.39, 0.29) is 0 Å². The van der Waals surface area contributed by atoms with Gasteiger partial charge in [0.15, 0.2) is 0 Å². The predicted octanol–water partition coefficient (Wildman–Crippen LogP) is 5.58. The fraction of sp³-hybridized carbons (Fsp3) is 0.143. The van der Waals surface area contributed by atoms with Gasteiger partial charge in [-0.25, -0.2) is 0 Å². The molecular formula is C14H10Cl4O. The Morgan fingerprint density at radius 2 is 1.37 bits per heavy atom. The highest BCUT2D eigenvalue weighted by Gasteiger charge is 2.17. The van der Waals surface area contributed by atoms with Crippen molar-refractivity contribution in [3.05, 3.63) is 67.6 Å². The second-order valence-corrected chi connectivity index (χ2v) is 5.67. The number of aliphatic hydroxyl groups is 1. The first-order valence-corrected chi connectivity index (χ1v) is 7.06. The first kappa shape index (κ1) is 15.0. The quantitative estimate of drug-likeness (QED) is 0.776. The van der Waals surface area contributed by atoms with Gasteiger partial charge in [0.25, 0.3) is 0 Å². The Morgan fingerprint density at radius 1 is 0.842 bits per heavy atom. The monoisotopic (exact) mass is 334 g/mol. The number of hydrogen-bond acceptors (Lipinski definition) is 1. The second-order valence-electron chi connectivity index (χ2n) is 4.07. The molecule has 19 heavy (non-hydrogen) atoms. The molecule has 1 unspecified atom stereocenters. The number of hydrogen-bond donors (Lipinski definition) is 1. The maximum atomic E-state index is 10.3. The van der Waals surface area contributed by atoms with E-state index in [9.17, 15) is 5.11 Å². The van der Waals surface area contributed by atoms with Crippen LogP contribution in [0.25, 0.3) is 0 Å². The molecule has 0 saturated carbocycles. The lowest BCUT2D eigenvalue weighted by molar-refractivity contribution is 0.178. The molecule has 1 nitrogen and oxygen atoms in total. The van der Waals surface area contributed by atoms with Crippen molar-refractivity contribution in [3.63, 3.8) is 0 Å². The largest absolute Gasteiger partial charge is 0.388 e. The highest BCUT2D eigenvalue weighted by Crippen LogP contribution is 2.34. The van der Waals surface area contributed by atoms with E-state index in [0.29, 0.717) is 32.1 Å². The molecule has 0 heterocycles. The van der Waals surface area contributed by atoms with Gasteiger partial charge in [0, 0.05) is 22.0 Å². The summed E-state index contributed by atoms with van der Waals surface area (Å²) >= 11 is 24.2. The Morgan fingerprint density at radius 3 is 2.00 bits per heavy atom. The van der Waals surface area contributed by atoms with Gasteiger partial charge in [0.2, 0.25) is 0 Å². The molecule has 2 aromatic carbocycles. The van der Waals surface area contributed by atoms with Crippen LogP contribution in [0.1, 0.15) is 17.2 Å². The summed E-state index contributed by atoms with van der Waals surface area (Å²) < 4.78 is 0. The summed E-state index contributed by atoms with van der Waals surface area (Å²) in [6.07, 6.45) is -0.541. The minimum absolute atomic E-state index is 0.294. The highest BCUT2D eigenvalue weighted by atomic mass is 35.5. The fourth-order valence-electron chi connectivity index (χ4n) is 1.85. The maximum absolute atomic E-state index is 10.3. The van der Waals surface area contributed by atoms with Gasteiger partial charge in [-0.2, -0.15) is 0 Å². The SMILES string of the molecule is OC(Cc1cccc(Cl)c1Cl)c1c(Cl)cccc1Cl. The van der Waals surface area contributed by atoms with E-state index in [1.54, 1.807) is 30.3 Å². The maximum Gasteiger partial charge on any atom is 0.0859 e. The van der Waals surface area contributed by atoms with Gasteiger partial charge in [0.05, 0.1) is 16.1 Å². The zero-order valence-electron chi connectivity index (χ0n) is 9.71. The molecule has 0 saturated heterocycles. The van der Waals surface area contributed by atoms with E-state index in [2.05, 4.69) is 0 Å². The van der Waals surface area contributed by atoms with E-state index in [1.165, 1.54) is 0 Å². The second kappa shape index (κ2) is 6.34. The van der Waals surface area contributed by atoms with Crippen LogP contribution in [0.3, 0.4) is 0 Å². The third-order valence-electron chi connectivity index (χ3n) is 2.78. The molecule has 2 aromatic rings. The standard InChI is InChI=1S/C14H10Cl4O/c15-9-4-2-5-10(16)13(9)12(19)7-8-3-1-6-11(17)14(8)18/h1-6,12,19H,7H2. The van der Waals surface area contributed by atoms with Crippen LogP contribution in [0, 0.1) is 0 Å². The Kier molecular flexibility index (Phi) is 4.99. The lowest BCUT2D eigenvalue weighted by Crippen LogP contribution is -2.04. The molecule has 0 aliphatic heterocycles. The van der Waals surface area contributed by atoms with Gasteiger partial charge in [-0.1, -0.05) is 64.6 Å². The Balaban J connectivity index is 2.31. The van der Waals surface area contributed by atoms with Gasteiger partial charge in [-0.15, -0.1) is 0 Å². The first-order valence-electron chi connectivity index (χ1n) is 5.55. The number of aliphatic hydroxyl groups excluding tert-OH is 1. The van der Waals surface area contributed by atoms with Crippen LogP contribution >= 0.6 is 46.4 Å². The van der Waals surface area contributed by atoms with Crippen molar-refractivity contribution in [3.8, 4) is 0 Å². The Bertz CT molecular complexity index is 578. The van der Waals surface area contributed by atoms with Crippen molar-refractivity contribution >= 4 is 46.4 Å². The molecule has 1 N–H and O–H groups in total. The summed E-state index contributed by atoms with van der Waals surface area (Å²) in [4.78, 5) is 0. The summed E-state index contributed by atoms with van der Waals surface area (Å²) in [5.41, 5.74) is 1.25. The molecule has 0 fully saturated rings. The molecule has 0 spiro atoms. The number of rotatable bonds is 3. The van der Waals surface area contributed by atoms with Crippen molar-refractivity contribution in [2.75, 3.05) is 0 Å². The predicted molar refractivity (Wildman–Crippen MR) is 81.6 cm³/mol. The molecule has 0 aromatic heterocycles. The molecule has 0 bridgehead atoms. The summed E-state index contributed by atoms with van der Waals surface area (Å²) in [7, 11) is 0. The molecule has 0 aliphatic carbocycles. The molecule has 5 heteroatoms. The van der Waals surface area contributed by atoms with Crippen LogP contribution in [0.15, 0.2) is 36.4 Å². The van der Waals surface area contributed by atoms with Gasteiger partial charge < -0.3 is 5.11 Å². The molecule has 0 amide bonds. The molecule has 2 rings (SSSR count). The summed E-state index contributed by atoms with van der Waals surface area (Å²) in [6.45, 7) is 0. The van der Waals surface area contributed by atoms with Crippen molar-refractivity contribution in [1.82, 2.24) is 0 Å². The normalized spacial score (nSPS) is 12.5. The van der Waals surface area contributed by atoms with E-state index < -0.39 is 6.10 Å². The van der Waals surface area contributed by atoms with Crippen LogP contribution in [-0.2, 0) is 6.42 Å². The molecule has 0 radical (unpaired) electrons. The molecule has 100 valence electrons. The average Bonchev–Trinajstić information content (AvgIpc) is 2.35. The zero-order chi connectivity index (χ0) is 14.0. The lowest BCUT2D eigenvalue weighted by atomic mass is 10.0. The van der Waals surface area contributed by atoms with Crippen LogP contribution in [0.4, 0.5) is 0 Å². The average molecular weight is 336 g/mol. The molecule has 0 aliphatic rings. The lowest BCUT2D eigenvalue weighted by Gasteiger charge is -2.15. The van der Waals surface area contributed by atoms with E-state index in [4.69, 9.17) is 46.4 Å². The summed E-state index contributed by atoms with van der Waals surface area (Å²) in [6, 6.07) is 10.4. The zero-order valence-corrected chi connectivity index (χ0v) is 12.7. The van der Waals surface area contributed by atoms with E-state index in [0.717, 1.165) is 5.56 Å². The van der Waals surface area contributed by atoms with Crippen LogP contribution < -0.4 is 0 Å². The van der Waals surface area contributed by atoms with Crippen LogP contribution in [0.5, 0.6) is 0 Å². The minimum atomic E-state index is -0.836. The van der Waals surface area contributed by atoms with Gasteiger partial charge in [-0.05, 0) is 23.8 Å². The van der Waals surface area contributed by atoms with Crippen LogP contribution in [0.2, 0.25) is 20.1 Å². The summed E-state index contributed by atoms with van der Waals surface area (Å²) in [5.74, 6) is 0. The van der Waals surface area contributed by atoms with Crippen LogP contribution in [-0.4, -0.2) is 5.11 Å². The Hall–Kier alpha value is -0.440. The third-order valence-corrected chi connectivity index (χ3v) is 4.29. The van der Waals surface area contributed by atoms with E-state index >= 15 is 0 Å². The minimum Gasteiger partial charge on any atom is -0.388 e. The van der Waals surface area contributed by atoms with Gasteiger partial charge >= 0.3 is 0 Å². The van der Waals surface area contributed by atoms with E-state index in [1.807, 2.05) is 6.07 Å². The van der Waals surface area contributed by atoms with Gasteiger partial charge in [-0.3, -0.25) is 0 Å². The van der Waals surface area contributed by atoms with Gasteiger partial charge in [0.1, 0.15) is 0 Å². The van der Waals surface area contributed by atoms with Crippen molar-refractivity contribution in [2.24, 2.45) is 0 Å². The Labute approximate surface area is 131 Å². The first-order chi connectivity index (χ1) is 9.00. The topological polar surface area (TPSA) is 20.2 Å².